The Bertz CT molecular complexity index is 1340. The summed E-state index contributed by atoms with van der Waals surface area (Å²) in [4.78, 5) is 38.9. The highest BCUT2D eigenvalue weighted by molar-refractivity contribution is 9.10. The van der Waals surface area contributed by atoms with Gasteiger partial charge < -0.3 is 25.0 Å². The number of ketones is 3. The Hall–Kier alpha value is -3.59. The molecule has 1 heterocycles. The van der Waals surface area contributed by atoms with Crippen LogP contribution in [0.2, 0.25) is 0 Å². The minimum Gasteiger partial charge on any atom is -0.507 e. The van der Waals surface area contributed by atoms with Crippen molar-refractivity contribution in [3.63, 3.8) is 0 Å². The minimum absolute atomic E-state index is 0.000390. The summed E-state index contributed by atoms with van der Waals surface area (Å²) < 4.78 is 12.4. The molecule has 1 aliphatic heterocycles. The average Bonchev–Trinajstić information content (AvgIpc) is 3.09. The zero-order chi connectivity index (χ0) is 25.7. The predicted octanol–water partition coefficient (Wildman–Crippen LogP) is 4.00. The molecule has 0 saturated heterocycles. The van der Waals surface area contributed by atoms with Gasteiger partial charge in [-0.2, -0.15) is 0 Å². The van der Waals surface area contributed by atoms with Crippen LogP contribution in [0.3, 0.4) is 0 Å². The summed E-state index contributed by atoms with van der Waals surface area (Å²) in [6, 6.07) is 7.34. The Kier molecular flexibility index (Phi) is 6.23. The summed E-state index contributed by atoms with van der Waals surface area (Å²) in [5.74, 6) is -1.84. The van der Waals surface area contributed by atoms with Crippen LogP contribution in [0.15, 0.2) is 51.8 Å². The molecule has 0 radical (unpaired) electrons. The maximum Gasteiger partial charge on any atom is 0.194 e. The van der Waals surface area contributed by atoms with Crippen LogP contribution in [-0.4, -0.2) is 40.7 Å². The number of rotatable bonds is 6. The van der Waals surface area contributed by atoms with Gasteiger partial charge in [0.15, 0.2) is 17.3 Å². The topological polar surface area (TPSA) is 122 Å². The summed E-state index contributed by atoms with van der Waals surface area (Å²) in [6.07, 6.45) is 1.19. The summed E-state index contributed by atoms with van der Waals surface area (Å²) >= 11 is 3.36. The quantitative estimate of drug-likeness (QED) is 0.217. The van der Waals surface area contributed by atoms with E-state index in [9.17, 15) is 24.6 Å². The molecule has 1 aliphatic carbocycles. The number of carbonyl (C=O) groups is 3. The molecule has 182 valence electrons. The Morgan fingerprint density at radius 2 is 1.80 bits per heavy atom. The molecule has 0 bridgehead atoms. The molecule has 2 aromatic carbocycles. The lowest BCUT2D eigenvalue weighted by atomic mass is 9.70. The van der Waals surface area contributed by atoms with Crippen LogP contribution in [0.25, 0.3) is 0 Å². The number of phenols is 2. The number of hydrogen-bond acceptors (Lipinski definition) is 8. The molecule has 9 heteroatoms. The van der Waals surface area contributed by atoms with Crippen LogP contribution in [0, 0.1) is 6.92 Å². The van der Waals surface area contributed by atoms with Gasteiger partial charge in [0.2, 0.25) is 0 Å². The molecule has 0 saturated carbocycles. The second kappa shape index (κ2) is 8.88. The van der Waals surface area contributed by atoms with Gasteiger partial charge in [0, 0.05) is 28.4 Å². The van der Waals surface area contributed by atoms with Gasteiger partial charge in [0.25, 0.3) is 0 Å². The van der Waals surface area contributed by atoms with Gasteiger partial charge in [-0.15, -0.1) is 0 Å². The van der Waals surface area contributed by atoms with E-state index < -0.39 is 28.5 Å². The SMILES string of the molecule is CC(=O)c1c(O)c(C)c(O)c2c1OC1=CC(=O)C(=C(C)NCCOc3ccc(Br)cc3)C(=O)[C@@]12C. The number of nitrogens with one attached hydrogen (secondary N) is 1. The van der Waals surface area contributed by atoms with Crippen molar-refractivity contribution in [2.45, 2.75) is 33.1 Å². The number of benzene rings is 2. The molecular weight excluding hydrogens is 518 g/mol. The molecule has 8 nitrogen and oxygen atoms in total. The Morgan fingerprint density at radius 3 is 2.43 bits per heavy atom. The number of phenolic OH excluding ortho intramolecular Hbond substituents is 2. The van der Waals surface area contributed by atoms with Crippen LogP contribution in [0.1, 0.15) is 42.3 Å². The number of ether oxygens (including phenoxy) is 2. The molecule has 0 spiro atoms. The van der Waals surface area contributed by atoms with Gasteiger partial charge >= 0.3 is 0 Å². The molecule has 4 rings (SSSR count). The average molecular weight is 542 g/mol. The van der Waals surface area contributed by atoms with Crippen LogP contribution in [0.5, 0.6) is 23.0 Å². The molecule has 1 atom stereocenters. The number of aromatic hydroxyl groups is 2. The number of carbonyl (C=O) groups excluding carboxylic acids is 3. The van der Waals surface area contributed by atoms with E-state index in [-0.39, 0.29) is 39.5 Å². The number of Topliss-reactive ketones (excluding diaryl/α,β-unsaturated/α-hetero) is 2. The van der Waals surface area contributed by atoms with E-state index in [4.69, 9.17) is 9.47 Å². The highest BCUT2D eigenvalue weighted by Crippen LogP contribution is 2.57. The zero-order valence-corrected chi connectivity index (χ0v) is 21.2. The number of allylic oxidation sites excluding steroid dienone is 4. The number of hydrogen-bond donors (Lipinski definition) is 3. The molecule has 0 fully saturated rings. The first-order chi connectivity index (χ1) is 16.5. The molecule has 0 amide bonds. The van der Waals surface area contributed by atoms with Crippen molar-refractivity contribution in [2.24, 2.45) is 0 Å². The summed E-state index contributed by atoms with van der Waals surface area (Å²) in [6.45, 7) is 6.46. The third-order valence-corrected chi connectivity index (χ3v) is 6.86. The molecule has 0 aromatic heterocycles. The molecule has 0 unspecified atom stereocenters. The second-order valence-corrected chi connectivity index (χ2v) is 9.53. The summed E-state index contributed by atoms with van der Waals surface area (Å²) in [5, 5.41) is 24.3. The maximum atomic E-state index is 13.7. The maximum absolute atomic E-state index is 13.7. The molecule has 2 aliphatic rings. The lowest BCUT2D eigenvalue weighted by molar-refractivity contribution is -0.123. The van der Waals surface area contributed by atoms with Crippen molar-refractivity contribution in [1.29, 1.82) is 0 Å². The van der Waals surface area contributed by atoms with Crippen molar-refractivity contribution in [3.8, 4) is 23.0 Å². The summed E-state index contributed by atoms with van der Waals surface area (Å²) in [7, 11) is 0. The molecule has 3 N–H and O–H groups in total. The Balaban J connectivity index is 1.66. The van der Waals surface area contributed by atoms with Crippen molar-refractivity contribution in [3.05, 3.63) is 68.5 Å². The monoisotopic (exact) mass is 541 g/mol. The summed E-state index contributed by atoms with van der Waals surface area (Å²) in [5.41, 5.74) is -1.29. The van der Waals surface area contributed by atoms with Crippen molar-refractivity contribution >= 4 is 33.3 Å². The van der Waals surface area contributed by atoms with Crippen molar-refractivity contribution in [1.82, 2.24) is 5.32 Å². The first-order valence-electron chi connectivity index (χ1n) is 10.9. The van der Waals surface area contributed by atoms with Crippen LogP contribution >= 0.6 is 15.9 Å². The van der Waals surface area contributed by atoms with E-state index in [1.807, 2.05) is 24.3 Å². The Labute approximate surface area is 210 Å². The van der Waals surface area contributed by atoms with E-state index in [1.54, 1.807) is 6.92 Å². The zero-order valence-electron chi connectivity index (χ0n) is 19.6. The third kappa shape index (κ3) is 3.89. The molecular formula is C26H24BrNO7. The standard InChI is InChI=1S/C26H24BrNO7/c1-12-22(31)20(14(3)29)24-21(23(12)32)26(4)18(35-24)11-17(30)19(25(26)33)13(2)28-9-10-34-16-7-5-15(27)6-8-16/h5-8,11,28,31-32H,9-10H2,1-4H3/t26-/m0/s1. The minimum atomic E-state index is -1.54. The lowest BCUT2D eigenvalue weighted by Crippen LogP contribution is -2.41. The number of halogens is 1. The normalized spacial score (nSPS) is 20.0. The van der Waals surface area contributed by atoms with E-state index in [1.165, 1.54) is 26.8 Å². The van der Waals surface area contributed by atoms with Crippen LogP contribution in [-0.2, 0) is 15.0 Å². The van der Waals surface area contributed by atoms with Crippen molar-refractivity contribution in [2.75, 3.05) is 13.2 Å². The third-order valence-electron chi connectivity index (χ3n) is 6.33. The van der Waals surface area contributed by atoms with Gasteiger partial charge in [0.05, 0.1) is 11.1 Å². The fourth-order valence-electron chi connectivity index (χ4n) is 4.39. The Morgan fingerprint density at radius 1 is 1.14 bits per heavy atom. The van der Waals surface area contributed by atoms with Crippen LogP contribution in [0.4, 0.5) is 0 Å². The lowest BCUT2D eigenvalue weighted by Gasteiger charge is -2.29. The van der Waals surface area contributed by atoms with E-state index in [0.717, 1.165) is 4.47 Å². The van der Waals surface area contributed by atoms with Crippen LogP contribution < -0.4 is 14.8 Å². The van der Waals surface area contributed by atoms with Gasteiger partial charge in [-0.05, 0) is 52.0 Å². The van der Waals surface area contributed by atoms with Gasteiger partial charge in [-0.25, -0.2) is 0 Å². The van der Waals surface area contributed by atoms with E-state index in [2.05, 4.69) is 21.2 Å². The second-order valence-electron chi connectivity index (χ2n) is 8.62. The highest BCUT2D eigenvalue weighted by atomic mass is 79.9. The molecule has 35 heavy (non-hydrogen) atoms. The fourth-order valence-corrected chi connectivity index (χ4v) is 4.65. The van der Waals surface area contributed by atoms with Gasteiger partial charge in [0.1, 0.15) is 46.3 Å². The van der Waals surface area contributed by atoms with E-state index >= 15 is 0 Å². The van der Waals surface area contributed by atoms with Gasteiger partial charge in [-0.1, -0.05) is 15.9 Å². The highest BCUT2D eigenvalue weighted by Gasteiger charge is 2.56. The van der Waals surface area contributed by atoms with Crippen molar-refractivity contribution < 1.29 is 34.1 Å². The fraction of sp³-hybridized carbons (Fsp3) is 0.269. The van der Waals surface area contributed by atoms with E-state index in [0.29, 0.717) is 24.6 Å². The number of fused-ring (bicyclic) bond motifs is 3. The first-order valence-corrected chi connectivity index (χ1v) is 11.7. The predicted molar refractivity (Wildman–Crippen MR) is 131 cm³/mol. The smallest absolute Gasteiger partial charge is 0.194 e. The largest absolute Gasteiger partial charge is 0.507 e. The molecule has 2 aromatic rings. The van der Waals surface area contributed by atoms with Gasteiger partial charge in [-0.3, -0.25) is 14.4 Å². The first kappa shape index (κ1) is 24.5.